The average Bonchev–Trinajstić information content (AvgIpc) is 2.96. The van der Waals surface area contributed by atoms with Gasteiger partial charge in [-0.05, 0) is 30.7 Å². The molecule has 0 saturated heterocycles. The summed E-state index contributed by atoms with van der Waals surface area (Å²) in [7, 11) is -3.22. The number of carbonyl (C=O) groups excluding carboxylic acids is 1. The summed E-state index contributed by atoms with van der Waals surface area (Å²) >= 11 is 6.04. The number of hydrogen-bond donors (Lipinski definition) is 1. The molecule has 25 heavy (non-hydrogen) atoms. The third kappa shape index (κ3) is 3.86. The van der Waals surface area contributed by atoms with E-state index in [2.05, 4.69) is 10.4 Å². The summed E-state index contributed by atoms with van der Waals surface area (Å²) < 4.78 is 26.5. The molecule has 0 aliphatic carbocycles. The number of hydrogen-bond acceptors (Lipinski definition) is 4. The molecule has 1 aliphatic rings. The van der Waals surface area contributed by atoms with E-state index in [-0.39, 0.29) is 12.5 Å². The number of benzene rings is 1. The molecule has 0 unspecified atom stereocenters. The molecule has 0 atom stereocenters. The van der Waals surface area contributed by atoms with Crippen molar-refractivity contribution in [1.82, 2.24) is 19.4 Å². The van der Waals surface area contributed by atoms with Crippen molar-refractivity contribution < 1.29 is 13.2 Å². The van der Waals surface area contributed by atoms with Gasteiger partial charge in [-0.1, -0.05) is 17.7 Å². The first kappa shape index (κ1) is 17.9. The lowest BCUT2D eigenvalue weighted by Crippen LogP contribution is -2.37. The number of rotatable bonds is 4. The van der Waals surface area contributed by atoms with Crippen LogP contribution in [0.3, 0.4) is 0 Å². The average molecular weight is 383 g/mol. The SMILES string of the molecule is Cc1c(Cl)cccc1C(=O)NCc1cc2n(n1)CCN(S(C)(=O)=O)C2. The van der Waals surface area contributed by atoms with E-state index in [4.69, 9.17) is 11.6 Å². The number of carbonyl (C=O) groups is 1. The quantitative estimate of drug-likeness (QED) is 0.869. The van der Waals surface area contributed by atoms with Gasteiger partial charge in [0.15, 0.2) is 0 Å². The Morgan fingerprint density at radius 2 is 2.12 bits per heavy atom. The van der Waals surface area contributed by atoms with Gasteiger partial charge < -0.3 is 5.32 Å². The second kappa shape index (κ2) is 6.78. The topological polar surface area (TPSA) is 84.3 Å². The highest BCUT2D eigenvalue weighted by Gasteiger charge is 2.24. The van der Waals surface area contributed by atoms with Crippen molar-refractivity contribution in [3.8, 4) is 0 Å². The molecule has 0 bridgehead atoms. The molecule has 1 aromatic carbocycles. The smallest absolute Gasteiger partial charge is 0.251 e. The summed E-state index contributed by atoms with van der Waals surface area (Å²) in [6, 6.07) is 7.02. The summed E-state index contributed by atoms with van der Waals surface area (Å²) in [5, 5.41) is 7.80. The first-order valence-electron chi connectivity index (χ1n) is 7.80. The van der Waals surface area contributed by atoms with Crippen molar-refractivity contribution in [2.45, 2.75) is 26.6 Å². The predicted molar refractivity (Wildman–Crippen MR) is 94.8 cm³/mol. The third-order valence-corrected chi connectivity index (χ3v) is 5.88. The normalized spacial score (nSPS) is 15.0. The minimum absolute atomic E-state index is 0.219. The minimum Gasteiger partial charge on any atom is -0.346 e. The first-order chi connectivity index (χ1) is 11.8. The van der Waals surface area contributed by atoms with E-state index < -0.39 is 10.0 Å². The molecule has 2 heterocycles. The molecular weight excluding hydrogens is 364 g/mol. The Labute approximate surface area is 151 Å². The molecule has 0 fully saturated rings. The van der Waals surface area contributed by atoms with E-state index in [0.717, 1.165) is 11.3 Å². The van der Waals surface area contributed by atoms with Crippen LogP contribution in [0.15, 0.2) is 24.3 Å². The Bertz CT molecular complexity index is 923. The van der Waals surface area contributed by atoms with Crippen molar-refractivity contribution in [3.05, 3.63) is 51.8 Å². The Hall–Kier alpha value is -1.90. The molecule has 1 aromatic heterocycles. The van der Waals surface area contributed by atoms with Gasteiger partial charge >= 0.3 is 0 Å². The zero-order chi connectivity index (χ0) is 18.2. The molecule has 3 rings (SSSR count). The molecule has 0 saturated carbocycles. The fraction of sp³-hybridized carbons (Fsp3) is 0.375. The van der Waals surface area contributed by atoms with Crippen LogP contribution in [0.4, 0.5) is 0 Å². The van der Waals surface area contributed by atoms with Gasteiger partial charge in [-0.25, -0.2) is 8.42 Å². The second-order valence-corrected chi connectivity index (χ2v) is 8.43. The van der Waals surface area contributed by atoms with E-state index in [9.17, 15) is 13.2 Å². The van der Waals surface area contributed by atoms with E-state index in [1.165, 1.54) is 10.6 Å². The highest BCUT2D eigenvalue weighted by atomic mass is 35.5. The lowest BCUT2D eigenvalue weighted by atomic mass is 10.1. The van der Waals surface area contributed by atoms with Crippen LogP contribution in [0.1, 0.15) is 27.3 Å². The molecule has 0 radical (unpaired) electrons. The number of nitrogens with zero attached hydrogens (tertiary/aromatic N) is 3. The van der Waals surface area contributed by atoms with Gasteiger partial charge in [0, 0.05) is 17.1 Å². The van der Waals surface area contributed by atoms with E-state index in [1.54, 1.807) is 29.8 Å². The van der Waals surface area contributed by atoms with Crippen LogP contribution in [0.25, 0.3) is 0 Å². The number of nitrogens with one attached hydrogen (secondary N) is 1. The molecule has 9 heteroatoms. The maximum atomic E-state index is 12.3. The number of aromatic nitrogens is 2. The van der Waals surface area contributed by atoms with Crippen molar-refractivity contribution in [2.24, 2.45) is 0 Å². The maximum Gasteiger partial charge on any atom is 0.251 e. The fourth-order valence-corrected chi connectivity index (χ4v) is 3.75. The van der Waals surface area contributed by atoms with Gasteiger partial charge in [0.25, 0.3) is 5.91 Å². The van der Waals surface area contributed by atoms with Gasteiger partial charge in [-0.15, -0.1) is 0 Å². The van der Waals surface area contributed by atoms with Gasteiger partial charge in [-0.3, -0.25) is 9.48 Å². The van der Waals surface area contributed by atoms with Crippen molar-refractivity contribution >= 4 is 27.5 Å². The lowest BCUT2D eigenvalue weighted by molar-refractivity contribution is 0.0949. The molecule has 0 spiro atoms. The van der Waals surface area contributed by atoms with Crippen molar-refractivity contribution in [3.63, 3.8) is 0 Å². The maximum absolute atomic E-state index is 12.3. The van der Waals surface area contributed by atoms with Gasteiger partial charge in [-0.2, -0.15) is 9.40 Å². The van der Waals surface area contributed by atoms with Gasteiger partial charge in [0.1, 0.15) is 0 Å². The number of amides is 1. The first-order valence-corrected chi connectivity index (χ1v) is 10.0. The fourth-order valence-electron chi connectivity index (χ4n) is 2.79. The summed E-state index contributed by atoms with van der Waals surface area (Å²) in [5.74, 6) is -0.219. The molecule has 7 nitrogen and oxygen atoms in total. The molecule has 1 N–H and O–H groups in total. The van der Waals surface area contributed by atoms with Crippen LogP contribution in [0.5, 0.6) is 0 Å². The van der Waals surface area contributed by atoms with E-state index in [1.807, 2.05) is 6.07 Å². The van der Waals surface area contributed by atoms with Crippen LogP contribution in [-0.2, 0) is 29.7 Å². The molecular formula is C16H19ClN4O3S. The van der Waals surface area contributed by atoms with Crippen LogP contribution in [-0.4, -0.2) is 41.2 Å². The Morgan fingerprint density at radius 3 is 2.84 bits per heavy atom. The molecule has 1 amide bonds. The summed E-state index contributed by atoms with van der Waals surface area (Å²) in [6.45, 7) is 3.27. The summed E-state index contributed by atoms with van der Waals surface area (Å²) in [4.78, 5) is 12.3. The minimum atomic E-state index is -3.22. The van der Waals surface area contributed by atoms with Crippen molar-refractivity contribution in [1.29, 1.82) is 0 Å². The number of sulfonamides is 1. The number of fused-ring (bicyclic) bond motifs is 1. The summed E-state index contributed by atoms with van der Waals surface area (Å²) in [6.07, 6.45) is 1.20. The van der Waals surface area contributed by atoms with Crippen LogP contribution < -0.4 is 5.32 Å². The van der Waals surface area contributed by atoms with Crippen LogP contribution in [0.2, 0.25) is 5.02 Å². The lowest BCUT2D eigenvalue weighted by Gasteiger charge is -2.25. The Kier molecular flexibility index (Phi) is 4.86. The van der Waals surface area contributed by atoms with E-state index >= 15 is 0 Å². The molecule has 1 aliphatic heterocycles. The predicted octanol–water partition coefficient (Wildman–Crippen LogP) is 1.55. The zero-order valence-electron chi connectivity index (χ0n) is 14.0. The van der Waals surface area contributed by atoms with Crippen molar-refractivity contribution in [2.75, 3.05) is 12.8 Å². The summed E-state index contributed by atoms with van der Waals surface area (Å²) in [5.41, 5.74) is 2.77. The van der Waals surface area contributed by atoms with Gasteiger partial charge in [0.2, 0.25) is 10.0 Å². The third-order valence-electron chi connectivity index (χ3n) is 4.22. The highest BCUT2D eigenvalue weighted by Crippen LogP contribution is 2.19. The van der Waals surface area contributed by atoms with E-state index in [0.29, 0.717) is 35.9 Å². The standard InChI is InChI=1S/C16H19ClN4O3S/c1-11-14(4-3-5-15(11)17)16(22)18-9-12-8-13-10-20(25(2,23)24)6-7-21(13)19-12/h3-5,8H,6-7,9-10H2,1-2H3,(H,18,22). The Morgan fingerprint density at radius 1 is 1.36 bits per heavy atom. The molecule has 134 valence electrons. The zero-order valence-corrected chi connectivity index (χ0v) is 15.6. The monoisotopic (exact) mass is 382 g/mol. The van der Waals surface area contributed by atoms with Gasteiger partial charge in [0.05, 0.1) is 37.3 Å². The number of halogens is 1. The molecule has 2 aromatic rings. The second-order valence-electron chi connectivity index (χ2n) is 6.04. The Balaban J connectivity index is 1.68. The van der Waals surface area contributed by atoms with Crippen LogP contribution in [0, 0.1) is 6.92 Å². The largest absolute Gasteiger partial charge is 0.346 e. The highest BCUT2D eigenvalue weighted by molar-refractivity contribution is 7.88. The van der Waals surface area contributed by atoms with Crippen LogP contribution >= 0.6 is 11.6 Å².